The molecule has 8 nitrogen and oxygen atoms in total. The van der Waals surface area contributed by atoms with Crippen LogP contribution in [0.4, 0.5) is 11.4 Å². The van der Waals surface area contributed by atoms with Crippen molar-refractivity contribution in [3.63, 3.8) is 0 Å². The Labute approximate surface area is 182 Å². The van der Waals surface area contributed by atoms with Gasteiger partial charge in [-0.05, 0) is 32.0 Å². The van der Waals surface area contributed by atoms with Crippen LogP contribution in [0.1, 0.15) is 18.3 Å². The Morgan fingerprint density at radius 1 is 1.17 bits per heavy atom. The Morgan fingerprint density at radius 2 is 1.93 bits per heavy atom. The molecule has 0 saturated heterocycles. The third-order valence-electron chi connectivity index (χ3n) is 4.17. The van der Waals surface area contributed by atoms with Gasteiger partial charge in [-0.3, -0.25) is 14.9 Å². The predicted octanol–water partition coefficient (Wildman–Crippen LogP) is 4.54. The van der Waals surface area contributed by atoms with Crippen LogP contribution in [-0.2, 0) is 17.1 Å². The minimum atomic E-state index is -0.496. The number of nitrogens with one attached hydrogen (secondary N) is 1. The van der Waals surface area contributed by atoms with E-state index in [1.54, 1.807) is 17.8 Å². The molecule has 0 saturated carbocycles. The van der Waals surface area contributed by atoms with E-state index in [9.17, 15) is 14.9 Å². The fourth-order valence-electron chi connectivity index (χ4n) is 2.66. The lowest BCUT2D eigenvalue weighted by atomic mass is 10.2. The highest BCUT2D eigenvalue weighted by molar-refractivity contribution is 7.99. The molecule has 3 aromatic rings. The number of aryl methyl sites for hydroxylation is 1. The Kier molecular flexibility index (Phi) is 7.47. The molecule has 30 heavy (non-hydrogen) atoms. The number of non-ortho nitro benzene ring substituents is 1. The molecule has 3 rings (SSSR count). The summed E-state index contributed by atoms with van der Waals surface area (Å²) < 4.78 is 1.99. The van der Waals surface area contributed by atoms with Crippen LogP contribution >= 0.6 is 23.5 Å². The van der Waals surface area contributed by atoms with Crippen LogP contribution in [-0.4, -0.2) is 31.3 Å². The largest absolute Gasteiger partial charge is 0.325 e. The first kappa shape index (κ1) is 21.8. The number of anilines is 1. The first-order chi connectivity index (χ1) is 14.5. The standard InChI is InChI=1S/C20H21N5O3S2/c1-3-24-18(12-29-17-9-7-14(2)8-10-17)22-23-20(24)30-13-19(26)21-15-5-4-6-16(11-15)25(27)28/h4-11H,3,12-13H2,1-2H3,(H,21,26). The summed E-state index contributed by atoms with van der Waals surface area (Å²) in [6, 6.07) is 14.2. The second-order valence-electron chi connectivity index (χ2n) is 6.39. The molecule has 0 aliphatic rings. The molecule has 0 fully saturated rings. The van der Waals surface area contributed by atoms with Crippen molar-refractivity contribution in [3.05, 3.63) is 70.0 Å². The summed E-state index contributed by atoms with van der Waals surface area (Å²) >= 11 is 2.98. The van der Waals surface area contributed by atoms with Gasteiger partial charge >= 0.3 is 0 Å². The molecule has 2 aromatic carbocycles. The van der Waals surface area contributed by atoms with Gasteiger partial charge in [0.25, 0.3) is 5.69 Å². The third kappa shape index (κ3) is 5.83. The third-order valence-corrected chi connectivity index (χ3v) is 6.15. The monoisotopic (exact) mass is 443 g/mol. The Hall–Kier alpha value is -2.85. The Bertz CT molecular complexity index is 1040. The zero-order valence-electron chi connectivity index (χ0n) is 16.6. The first-order valence-corrected chi connectivity index (χ1v) is 11.2. The van der Waals surface area contributed by atoms with Gasteiger partial charge in [0.15, 0.2) is 5.16 Å². The number of carbonyl (C=O) groups is 1. The number of aromatic nitrogens is 3. The van der Waals surface area contributed by atoms with Crippen molar-refractivity contribution >= 4 is 40.8 Å². The maximum atomic E-state index is 12.2. The van der Waals surface area contributed by atoms with Gasteiger partial charge in [-0.15, -0.1) is 22.0 Å². The molecule has 0 radical (unpaired) electrons. The molecule has 0 unspecified atom stereocenters. The average Bonchev–Trinajstić information content (AvgIpc) is 3.14. The molecule has 10 heteroatoms. The van der Waals surface area contributed by atoms with E-state index in [4.69, 9.17) is 0 Å². The van der Waals surface area contributed by atoms with Crippen LogP contribution in [0.3, 0.4) is 0 Å². The van der Waals surface area contributed by atoms with Crippen molar-refractivity contribution < 1.29 is 9.72 Å². The molecular formula is C20H21N5O3S2. The van der Waals surface area contributed by atoms with Crippen LogP contribution in [0.2, 0.25) is 0 Å². The first-order valence-electron chi connectivity index (χ1n) is 9.25. The zero-order valence-corrected chi connectivity index (χ0v) is 18.2. The minimum absolute atomic E-state index is 0.0677. The fourth-order valence-corrected chi connectivity index (χ4v) is 4.32. The molecule has 0 spiro atoms. The number of carbonyl (C=O) groups excluding carboxylic acids is 1. The van der Waals surface area contributed by atoms with Crippen molar-refractivity contribution in [2.45, 2.75) is 36.2 Å². The van der Waals surface area contributed by atoms with Gasteiger partial charge in [0.1, 0.15) is 5.82 Å². The highest BCUT2D eigenvalue weighted by atomic mass is 32.2. The summed E-state index contributed by atoms with van der Waals surface area (Å²) in [5.74, 6) is 1.41. The van der Waals surface area contributed by atoms with Crippen molar-refractivity contribution in [2.24, 2.45) is 0 Å². The molecule has 0 aliphatic carbocycles. The Morgan fingerprint density at radius 3 is 2.63 bits per heavy atom. The number of amides is 1. The number of nitrogens with zero attached hydrogens (tertiary/aromatic N) is 4. The second-order valence-corrected chi connectivity index (χ2v) is 8.38. The van der Waals surface area contributed by atoms with E-state index in [1.807, 2.05) is 11.5 Å². The van der Waals surface area contributed by atoms with E-state index < -0.39 is 4.92 Å². The quantitative estimate of drug-likeness (QED) is 0.294. The highest BCUT2D eigenvalue weighted by Gasteiger charge is 2.14. The van der Waals surface area contributed by atoms with Crippen LogP contribution in [0.25, 0.3) is 0 Å². The van der Waals surface area contributed by atoms with Crippen LogP contribution < -0.4 is 5.32 Å². The second kappa shape index (κ2) is 10.3. The van der Waals surface area contributed by atoms with E-state index >= 15 is 0 Å². The molecule has 1 aromatic heterocycles. The molecule has 1 N–H and O–H groups in total. The van der Waals surface area contributed by atoms with Gasteiger partial charge in [-0.25, -0.2) is 0 Å². The zero-order chi connectivity index (χ0) is 21.5. The molecule has 0 atom stereocenters. The van der Waals surface area contributed by atoms with E-state index in [0.717, 1.165) is 10.7 Å². The molecule has 156 valence electrons. The fraction of sp³-hybridized carbons (Fsp3) is 0.250. The summed E-state index contributed by atoms with van der Waals surface area (Å²) in [4.78, 5) is 23.8. The van der Waals surface area contributed by atoms with Crippen molar-refractivity contribution in [2.75, 3.05) is 11.1 Å². The van der Waals surface area contributed by atoms with Crippen LogP contribution in [0.5, 0.6) is 0 Å². The van der Waals surface area contributed by atoms with Crippen LogP contribution in [0, 0.1) is 17.0 Å². The molecule has 1 amide bonds. The maximum absolute atomic E-state index is 12.2. The number of nitro benzene ring substituents is 1. The SMILES string of the molecule is CCn1c(CSc2ccc(C)cc2)nnc1SCC(=O)Nc1cccc([N+](=O)[O-])c1. The van der Waals surface area contributed by atoms with E-state index in [0.29, 0.717) is 23.1 Å². The number of nitro groups is 1. The van der Waals surface area contributed by atoms with E-state index in [-0.39, 0.29) is 17.3 Å². The number of hydrogen-bond acceptors (Lipinski definition) is 7. The lowest BCUT2D eigenvalue weighted by Gasteiger charge is -2.08. The van der Waals surface area contributed by atoms with Crippen molar-refractivity contribution in [3.8, 4) is 0 Å². The van der Waals surface area contributed by atoms with Gasteiger partial charge < -0.3 is 9.88 Å². The number of rotatable bonds is 9. The van der Waals surface area contributed by atoms with Crippen molar-refractivity contribution in [1.82, 2.24) is 14.8 Å². The lowest BCUT2D eigenvalue weighted by molar-refractivity contribution is -0.384. The van der Waals surface area contributed by atoms with Gasteiger partial charge in [-0.2, -0.15) is 0 Å². The van der Waals surface area contributed by atoms with Crippen molar-refractivity contribution in [1.29, 1.82) is 0 Å². The maximum Gasteiger partial charge on any atom is 0.271 e. The summed E-state index contributed by atoms with van der Waals surface area (Å²) in [6.07, 6.45) is 0. The molecule has 0 aliphatic heterocycles. The van der Waals surface area contributed by atoms with Crippen LogP contribution in [0.15, 0.2) is 58.6 Å². The Balaban J connectivity index is 1.57. The number of hydrogen-bond donors (Lipinski definition) is 1. The topological polar surface area (TPSA) is 103 Å². The summed E-state index contributed by atoms with van der Waals surface area (Å²) in [6.45, 7) is 4.77. The lowest BCUT2D eigenvalue weighted by Crippen LogP contribution is -2.14. The van der Waals surface area contributed by atoms with Gasteiger partial charge in [-0.1, -0.05) is 35.5 Å². The summed E-state index contributed by atoms with van der Waals surface area (Å²) in [5.41, 5.74) is 1.54. The van der Waals surface area contributed by atoms with Gasteiger partial charge in [0, 0.05) is 29.3 Å². The normalized spacial score (nSPS) is 10.7. The van der Waals surface area contributed by atoms with Gasteiger partial charge in [0.2, 0.25) is 5.91 Å². The molecule has 0 bridgehead atoms. The minimum Gasteiger partial charge on any atom is -0.325 e. The molecular weight excluding hydrogens is 422 g/mol. The average molecular weight is 444 g/mol. The predicted molar refractivity (Wildman–Crippen MR) is 119 cm³/mol. The van der Waals surface area contributed by atoms with E-state index in [1.165, 1.54) is 35.5 Å². The highest BCUT2D eigenvalue weighted by Crippen LogP contribution is 2.25. The summed E-state index contributed by atoms with van der Waals surface area (Å²) in [7, 11) is 0. The summed E-state index contributed by atoms with van der Waals surface area (Å²) in [5, 5.41) is 22.7. The van der Waals surface area contributed by atoms with Gasteiger partial charge in [0.05, 0.1) is 16.4 Å². The number of thioether (sulfide) groups is 2. The smallest absolute Gasteiger partial charge is 0.271 e. The van der Waals surface area contributed by atoms with E-state index in [2.05, 4.69) is 46.7 Å². The molecule has 1 heterocycles. The number of benzene rings is 2.